The Bertz CT molecular complexity index is 1600. The first-order valence-electron chi connectivity index (χ1n) is 12.8. The van der Waals surface area contributed by atoms with E-state index in [9.17, 15) is 32.8 Å². The molecule has 6 unspecified atom stereocenters. The number of H-pyrrole nitrogens is 1. The van der Waals surface area contributed by atoms with Crippen molar-refractivity contribution in [2.45, 2.75) is 63.4 Å². The van der Waals surface area contributed by atoms with Crippen LogP contribution in [0.2, 0.25) is 0 Å². The maximum atomic E-state index is 15.2. The molecule has 1 aliphatic heterocycles. The zero-order valence-electron chi connectivity index (χ0n) is 22.6. The van der Waals surface area contributed by atoms with Gasteiger partial charge in [0.15, 0.2) is 18.0 Å². The van der Waals surface area contributed by atoms with Gasteiger partial charge in [-0.05, 0) is 43.7 Å². The van der Waals surface area contributed by atoms with Gasteiger partial charge in [0.1, 0.15) is 17.9 Å². The summed E-state index contributed by atoms with van der Waals surface area (Å²) < 4.78 is 79.7. The maximum absolute atomic E-state index is 15.2. The highest BCUT2D eigenvalue weighted by molar-refractivity contribution is 7.52. The third kappa shape index (κ3) is 6.60. The van der Waals surface area contributed by atoms with Crippen LogP contribution in [0, 0.1) is 0 Å². The van der Waals surface area contributed by atoms with E-state index in [1.807, 2.05) is 4.98 Å². The molecule has 3 N–H and O–H groups in total. The zero-order valence-corrected chi connectivity index (χ0v) is 23.5. The van der Waals surface area contributed by atoms with Crippen LogP contribution in [0.25, 0.3) is 10.8 Å². The van der Waals surface area contributed by atoms with Gasteiger partial charge in [-0.15, -0.1) is 0 Å². The molecule has 1 fully saturated rings. The lowest BCUT2D eigenvalue weighted by molar-refractivity contribution is -0.192. The van der Waals surface area contributed by atoms with Gasteiger partial charge in [0.05, 0.1) is 12.7 Å². The first kappa shape index (κ1) is 31.4. The smallest absolute Gasteiger partial charge is 0.459 e. The summed E-state index contributed by atoms with van der Waals surface area (Å²) in [6, 6.07) is 11.1. The third-order valence-electron chi connectivity index (χ3n) is 6.37. The predicted molar refractivity (Wildman–Crippen MR) is 143 cm³/mol. The molecule has 16 heteroatoms. The molecule has 0 radical (unpaired) electrons. The number of halogens is 3. The van der Waals surface area contributed by atoms with Gasteiger partial charge in [0.2, 0.25) is 0 Å². The summed E-state index contributed by atoms with van der Waals surface area (Å²) in [4.78, 5) is 37.8. The number of aliphatic hydroxyl groups is 1. The lowest BCUT2D eigenvalue weighted by atomic mass is 9.97. The average Bonchev–Trinajstić information content (AvgIpc) is 3.17. The number of carbonyl (C=O) groups excluding carboxylic acids is 1. The monoisotopic (exact) mass is 615 g/mol. The number of fused-ring (bicyclic) bond motifs is 1. The summed E-state index contributed by atoms with van der Waals surface area (Å²) in [7, 11) is -4.78. The quantitative estimate of drug-likeness (QED) is 0.216. The lowest BCUT2D eigenvalue weighted by Crippen LogP contribution is -2.52. The number of carbonyl (C=O) groups is 1. The van der Waals surface area contributed by atoms with Crippen LogP contribution in [-0.2, 0) is 23.4 Å². The Kier molecular flexibility index (Phi) is 9.28. The van der Waals surface area contributed by atoms with Crippen LogP contribution >= 0.6 is 7.75 Å². The molecule has 42 heavy (non-hydrogen) atoms. The van der Waals surface area contributed by atoms with E-state index >= 15 is 4.39 Å². The van der Waals surface area contributed by atoms with Crippen molar-refractivity contribution in [3.8, 4) is 5.75 Å². The van der Waals surface area contributed by atoms with Gasteiger partial charge in [0.25, 0.3) is 12.0 Å². The van der Waals surface area contributed by atoms with E-state index in [4.69, 9.17) is 18.5 Å². The Balaban J connectivity index is 1.65. The number of hydrogen-bond acceptors (Lipinski definition) is 9. The number of esters is 1. The molecule has 12 nitrogen and oxygen atoms in total. The Morgan fingerprint density at radius 1 is 1.17 bits per heavy atom. The van der Waals surface area contributed by atoms with Crippen molar-refractivity contribution in [2.75, 3.05) is 6.61 Å². The van der Waals surface area contributed by atoms with Crippen molar-refractivity contribution in [2.24, 2.45) is 0 Å². The highest BCUT2D eigenvalue weighted by Crippen LogP contribution is 2.49. The lowest BCUT2D eigenvalue weighted by Gasteiger charge is -2.32. The molecule has 0 spiro atoms. The Morgan fingerprint density at radius 3 is 2.50 bits per heavy atom. The molecular formula is C26H29F3N3O9P. The fourth-order valence-corrected chi connectivity index (χ4v) is 5.77. The van der Waals surface area contributed by atoms with Crippen LogP contribution in [0.1, 0.15) is 27.0 Å². The predicted octanol–water partition coefficient (Wildman–Crippen LogP) is 3.05. The SMILES string of the molecule is CC(C)OC(=O)C(C)NP(=O)(OCC1(C(F)F)OC(n2ccc(=O)[nH]c2=O)C(F)C1O)Oc1ccc2ccccc2c1. The van der Waals surface area contributed by atoms with E-state index in [2.05, 4.69) is 5.09 Å². The van der Waals surface area contributed by atoms with Crippen LogP contribution < -0.4 is 20.9 Å². The maximum Gasteiger partial charge on any atom is 0.459 e. The normalized spacial score (nSPS) is 24.5. The van der Waals surface area contributed by atoms with Gasteiger partial charge in [-0.1, -0.05) is 30.3 Å². The van der Waals surface area contributed by atoms with Crippen LogP contribution in [0.15, 0.2) is 64.3 Å². The van der Waals surface area contributed by atoms with Gasteiger partial charge in [-0.25, -0.2) is 22.5 Å². The van der Waals surface area contributed by atoms with Crippen LogP contribution in [0.3, 0.4) is 0 Å². The highest BCUT2D eigenvalue weighted by atomic mass is 31.2. The molecule has 1 saturated heterocycles. The largest absolute Gasteiger partial charge is 0.462 e. The molecule has 2 aromatic carbocycles. The topological polar surface area (TPSA) is 158 Å². The molecule has 3 aromatic rings. The van der Waals surface area contributed by atoms with E-state index in [-0.39, 0.29) is 5.75 Å². The molecule has 228 valence electrons. The van der Waals surface area contributed by atoms with E-state index in [1.165, 1.54) is 19.1 Å². The first-order valence-corrected chi connectivity index (χ1v) is 14.3. The second-order valence-electron chi connectivity index (χ2n) is 9.88. The number of aromatic amines is 1. The van der Waals surface area contributed by atoms with Crippen LogP contribution in [0.5, 0.6) is 5.75 Å². The number of aliphatic hydroxyl groups excluding tert-OH is 1. The van der Waals surface area contributed by atoms with Crippen molar-refractivity contribution >= 4 is 24.5 Å². The van der Waals surface area contributed by atoms with E-state index in [0.717, 1.165) is 17.6 Å². The van der Waals surface area contributed by atoms with Crippen molar-refractivity contribution in [1.82, 2.24) is 14.6 Å². The first-order chi connectivity index (χ1) is 19.7. The summed E-state index contributed by atoms with van der Waals surface area (Å²) in [5.41, 5.74) is -5.17. The minimum atomic E-state index is -4.78. The van der Waals surface area contributed by atoms with Gasteiger partial charge < -0.3 is 19.1 Å². The fourth-order valence-electron chi connectivity index (χ4n) is 4.25. The number of ether oxygens (including phenoxy) is 2. The number of aromatic nitrogens is 2. The second-order valence-corrected chi connectivity index (χ2v) is 11.6. The number of nitrogens with zero attached hydrogens (tertiary/aromatic N) is 1. The molecule has 0 amide bonds. The number of benzene rings is 2. The summed E-state index contributed by atoms with van der Waals surface area (Å²) in [6.07, 6.45) is -10.6. The summed E-state index contributed by atoms with van der Waals surface area (Å²) in [6.45, 7) is 3.01. The highest BCUT2D eigenvalue weighted by Gasteiger charge is 2.62. The molecule has 0 saturated carbocycles. The van der Waals surface area contributed by atoms with E-state index < -0.39 is 74.2 Å². The Morgan fingerprint density at radius 2 is 1.86 bits per heavy atom. The minimum Gasteiger partial charge on any atom is -0.462 e. The van der Waals surface area contributed by atoms with Crippen molar-refractivity contribution < 1.29 is 46.2 Å². The molecule has 1 aliphatic rings. The van der Waals surface area contributed by atoms with Gasteiger partial charge >= 0.3 is 19.4 Å². The van der Waals surface area contributed by atoms with E-state index in [0.29, 0.717) is 9.95 Å². The standard InChI is InChI=1S/C26H29F3N3O9P/c1-14(2)39-23(35)15(3)31-42(37,41-18-9-8-16-6-4-5-7-17(16)12-18)38-13-26(24(28)29)21(34)20(27)22(40-26)32-11-10-19(33)30-25(32)36/h4-12,14-15,20-22,24,34H,13H2,1-3H3,(H,31,37)(H,30,33,36). The Labute approximate surface area is 236 Å². The number of rotatable bonds is 11. The average molecular weight is 615 g/mol. The second kappa shape index (κ2) is 12.4. The molecule has 4 rings (SSSR count). The number of hydrogen-bond donors (Lipinski definition) is 3. The van der Waals surface area contributed by atoms with Crippen molar-refractivity contribution in [1.29, 1.82) is 0 Å². The third-order valence-corrected chi connectivity index (χ3v) is 8.00. The van der Waals surface area contributed by atoms with Crippen LogP contribution in [-0.4, -0.2) is 63.7 Å². The fraction of sp³-hybridized carbons (Fsp3) is 0.423. The van der Waals surface area contributed by atoms with Crippen molar-refractivity contribution in [3.63, 3.8) is 0 Å². The molecule has 2 heterocycles. The summed E-state index contributed by atoms with van der Waals surface area (Å²) >= 11 is 0. The van der Waals surface area contributed by atoms with Crippen molar-refractivity contribution in [3.05, 3.63) is 75.6 Å². The van der Waals surface area contributed by atoms with Gasteiger partial charge in [-0.3, -0.25) is 23.7 Å². The van der Waals surface area contributed by atoms with Gasteiger partial charge in [-0.2, -0.15) is 5.09 Å². The van der Waals surface area contributed by atoms with E-state index in [1.54, 1.807) is 44.2 Å². The Hall–Kier alpha value is -3.49. The minimum absolute atomic E-state index is 0.0333. The van der Waals surface area contributed by atoms with Gasteiger partial charge in [0, 0.05) is 12.3 Å². The molecular weight excluding hydrogens is 586 g/mol. The summed E-state index contributed by atoms with van der Waals surface area (Å²) in [5, 5.41) is 14.4. The molecule has 6 atom stereocenters. The number of alkyl halides is 3. The molecule has 1 aromatic heterocycles. The summed E-state index contributed by atoms with van der Waals surface area (Å²) in [5.74, 6) is -0.896. The van der Waals surface area contributed by atoms with Crippen LogP contribution in [0.4, 0.5) is 13.2 Å². The molecule has 0 aliphatic carbocycles. The number of nitrogens with one attached hydrogen (secondary N) is 2. The molecule has 0 bridgehead atoms. The zero-order chi connectivity index (χ0) is 30.8.